The number of aryl methyl sites for hydroxylation is 1. The molecule has 0 radical (unpaired) electrons. The molecule has 1 nitrogen and oxygen atoms in total. The first-order chi connectivity index (χ1) is 9.62. The van der Waals surface area contributed by atoms with E-state index < -0.39 is 13.3 Å². The molecule has 0 bridgehead atoms. The summed E-state index contributed by atoms with van der Waals surface area (Å²) in [6.45, 7) is 1.85. The molecular weight excluding hydrogens is 279 g/mol. The Labute approximate surface area is 117 Å². The fraction of sp³-hybridized carbons (Fsp3) is 0.312. The summed E-state index contributed by atoms with van der Waals surface area (Å²) in [4.78, 5) is 0. The molecule has 94 valence electrons. The molecule has 0 spiro atoms. The van der Waals surface area contributed by atoms with Crippen LogP contribution in [0.1, 0.15) is 9.68 Å². The zero-order valence-corrected chi connectivity index (χ0v) is 13.9. The van der Waals surface area contributed by atoms with Crippen molar-refractivity contribution in [1.29, 1.82) is 0 Å². The number of rotatable bonds is 2. The number of benzene rings is 1. The van der Waals surface area contributed by atoms with Gasteiger partial charge in [0.15, 0.2) is 0 Å². The van der Waals surface area contributed by atoms with Crippen molar-refractivity contribution in [2.24, 2.45) is 7.05 Å². The quantitative estimate of drug-likeness (QED) is 0.593. The van der Waals surface area contributed by atoms with Crippen molar-refractivity contribution in [2.45, 2.75) is 24.2 Å². The summed E-state index contributed by atoms with van der Waals surface area (Å²) >= 11 is -1.86. The van der Waals surface area contributed by atoms with Crippen LogP contribution < -0.4 is 8.96 Å². The van der Waals surface area contributed by atoms with Crippen molar-refractivity contribution < 1.29 is 8.68 Å². The Morgan fingerprint density at radius 3 is 2.44 bits per heavy atom. The molecule has 0 saturated heterocycles. The number of nitrogens with zero attached hydrogens (tertiary/aromatic N) is 1. The van der Waals surface area contributed by atoms with Gasteiger partial charge in [-0.15, -0.1) is 0 Å². The molecule has 0 amide bonds. The summed E-state index contributed by atoms with van der Waals surface area (Å²) < 4.78 is 27.1. The first-order valence-electron chi connectivity index (χ1n) is 7.71. The summed E-state index contributed by atoms with van der Waals surface area (Å²) in [5, 5.41) is 0. The molecular formula is C16H22GeN+. The second-order valence-electron chi connectivity index (χ2n) is 5.74. The zero-order valence-electron chi connectivity index (χ0n) is 14.8. The summed E-state index contributed by atoms with van der Waals surface area (Å²) in [5.74, 6) is 7.08. The van der Waals surface area contributed by atoms with Gasteiger partial charge in [-0.2, -0.15) is 0 Å². The van der Waals surface area contributed by atoms with Crippen LogP contribution in [0.15, 0.2) is 42.5 Å². The Kier molecular flexibility index (Phi) is 2.66. The molecule has 0 saturated carbocycles. The maximum atomic E-state index is 7.98. The van der Waals surface area contributed by atoms with E-state index in [1.165, 1.54) is 4.40 Å². The number of hydrogen-bond acceptors (Lipinski definition) is 0. The topological polar surface area (TPSA) is 3.88 Å². The van der Waals surface area contributed by atoms with Gasteiger partial charge in [0.05, 0.1) is 0 Å². The van der Waals surface area contributed by atoms with E-state index in [1.54, 1.807) is 6.07 Å². The molecule has 0 atom stereocenters. The predicted octanol–water partition coefficient (Wildman–Crippen LogP) is 3.03. The standard InChI is InChI=1S/C16H22GeN/c1-13-8-6-7-9-15(13)16-11-10-14(12-18(16)5)17(2,3)4/h6-12H,1-5H3/q+1/i6D,7D,8D. The van der Waals surface area contributed by atoms with Crippen LogP contribution in [-0.4, -0.2) is 13.3 Å². The van der Waals surface area contributed by atoms with Gasteiger partial charge in [0.25, 0.3) is 0 Å². The van der Waals surface area contributed by atoms with Crippen LogP contribution in [0.3, 0.4) is 0 Å². The third-order valence-corrected chi connectivity index (χ3v) is 7.47. The number of aromatic nitrogens is 1. The van der Waals surface area contributed by atoms with Gasteiger partial charge in [-0.1, -0.05) is 0 Å². The van der Waals surface area contributed by atoms with Gasteiger partial charge in [0.1, 0.15) is 0 Å². The third kappa shape index (κ3) is 2.66. The van der Waals surface area contributed by atoms with Crippen molar-refractivity contribution in [2.75, 3.05) is 0 Å². The van der Waals surface area contributed by atoms with Crippen LogP contribution in [0.5, 0.6) is 0 Å². The molecule has 0 aliphatic heterocycles. The van der Waals surface area contributed by atoms with Gasteiger partial charge in [-0.3, -0.25) is 0 Å². The molecule has 1 aromatic carbocycles. The van der Waals surface area contributed by atoms with Crippen LogP contribution in [-0.2, 0) is 7.05 Å². The second-order valence-corrected chi connectivity index (χ2v) is 16.4. The Morgan fingerprint density at radius 2 is 1.83 bits per heavy atom. The van der Waals surface area contributed by atoms with Gasteiger partial charge in [0.2, 0.25) is 0 Å². The maximum absolute atomic E-state index is 7.98. The second kappa shape index (κ2) is 4.89. The van der Waals surface area contributed by atoms with E-state index in [0.717, 1.165) is 16.8 Å². The Morgan fingerprint density at radius 1 is 1.11 bits per heavy atom. The first kappa shape index (κ1) is 9.79. The molecule has 0 fully saturated rings. The molecule has 2 heteroatoms. The van der Waals surface area contributed by atoms with Gasteiger partial charge < -0.3 is 0 Å². The average molecular weight is 304 g/mol. The first-order valence-corrected chi connectivity index (χ1v) is 13.5. The van der Waals surface area contributed by atoms with Gasteiger partial charge in [-0.25, -0.2) is 0 Å². The van der Waals surface area contributed by atoms with Crippen LogP contribution >= 0.6 is 0 Å². The number of pyridine rings is 1. The fourth-order valence-electron chi connectivity index (χ4n) is 2.01. The average Bonchev–Trinajstić information content (AvgIpc) is 2.40. The molecule has 1 heterocycles. The van der Waals surface area contributed by atoms with Crippen LogP contribution in [0.2, 0.25) is 17.3 Å². The van der Waals surface area contributed by atoms with E-state index in [4.69, 9.17) is 4.11 Å². The Bertz CT molecular complexity index is 706. The minimum atomic E-state index is -1.86. The van der Waals surface area contributed by atoms with E-state index >= 15 is 0 Å². The van der Waals surface area contributed by atoms with Gasteiger partial charge in [0, 0.05) is 0 Å². The minimum absolute atomic E-state index is 0.000199. The number of hydrogen-bond donors (Lipinski definition) is 0. The zero-order chi connectivity index (χ0) is 15.9. The summed E-state index contributed by atoms with van der Waals surface area (Å²) in [7, 11) is 2.01. The normalized spacial score (nSPS) is 13.9. The van der Waals surface area contributed by atoms with E-state index in [-0.39, 0.29) is 18.1 Å². The van der Waals surface area contributed by atoms with Crippen molar-refractivity contribution in [1.82, 2.24) is 0 Å². The van der Waals surface area contributed by atoms with Crippen molar-refractivity contribution >= 4 is 17.7 Å². The van der Waals surface area contributed by atoms with Crippen LogP contribution in [0, 0.1) is 6.92 Å². The Balaban J connectivity index is 2.64. The van der Waals surface area contributed by atoms with E-state index in [1.807, 2.05) is 14.0 Å². The SMILES string of the molecule is [2H]c1cc(-c2cc[c]([Ge]([CH3])([CH3])[CH3])c[n+]2C)c(C)c([2H])c1[2H]. The van der Waals surface area contributed by atoms with Crippen molar-refractivity contribution in [3.8, 4) is 11.3 Å². The fourth-order valence-corrected chi connectivity index (χ4v) is 4.45. The van der Waals surface area contributed by atoms with Crippen LogP contribution in [0.4, 0.5) is 0 Å². The van der Waals surface area contributed by atoms with E-state index in [2.05, 4.69) is 40.2 Å². The van der Waals surface area contributed by atoms with E-state index in [9.17, 15) is 0 Å². The Hall–Kier alpha value is -1.09. The van der Waals surface area contributed by atoms with Gasteiger partial charge >= 0.3 is 117 Å². The summed E-state index contributed by atoms with van der Waals surface area (Å²) in [6, 6.07) is 6.21. The van der Waals surface area contributed by atoms with Crippen molar-refractivity contribution in [3.63, 3.8) is 0 Å². The third-order valence-electron chi connectivity index (χ3n) is 3.22. The molecule has 0 aliphatic rings. The van der Waals surface area contributed by atoms with Gasteiger partial charge in [-0.05, 0) is 0 Å². The summed E-state index contributed by atoms with van der Waals surface area (Å²) in [5.41, 5.74) is 2.62. The monoisotopic (exact) mass is 305 g/mol. The molecule has 1 aromatic heterocycles. The predicted molar refractivity (Wildman–Crippen MR) is 80.8 cm³/mol. The molecule has 2 rings (SSSR count). The van der Waals surface area contributed by atoms with E-state index in [0.29, 0.717) is 0 Å². The molecule has 0 unspecified atom stereocenters. The molecule has 18 heavy (non-hydrogen) atoms. The summed E-state index contributed by atoms with van der Waals surface area (Å²) in [6.07, 6.45) is 2.18. The van der Waals surface area contributed by atoms with Crippen molar-refractivity contribution in [3.05, 3.63) is 48.1 Å². The molecule has 0 aliphatic carbocycles. The van der Waals surface area contributed by atoms with Crippen LogP contribution in [0.25, 0.3) is 11.3 Å². The molecule has 2 aromatic rings. The molecule has 0 N–H and O–H groups in total.